The predicted molar refractivity (Wildman–Crippen MR) is 113 cm³/mol. The van der Waals surface area contributed by atoms with Crippen molar-refractivity contribution in [1.82, 2.24) is 4.90 Å². The van der Waals surface area contributed by atoms with Crippen LogP contribution in [-0.2, 0) is 4.74 Å². The van der Waals surface area contributed by atoms with Gasteiger partial charge in [-0.25, -0.2) is 0 Å². The molecule has 1 saturated heterocycles. The first-order valence-corrected chi connectivity index (χ1v) is 10.6. The summed E-state index contributed by atoms with van der Waals surface area (Å²) in [5, 5.41) is 2.95. The lowest BCUT2D eigenvalue weighted by Crippen LogP contribution is -2.40. The van der Waals surface area contributed by atoms with Crippen molar-refractivity contribution in [3.05, 3.63) is 65.2 Å². The van der Waals surface area contributed by atoms with Gasteiger partial charge < -0.3 is 15.0 Å². The Morgan fingerprint density at radius 3 is 2.41 bits per heavy atom. The summed E-state index contributed by atoms with van der Waals surface area (Å²) in [6, 6.07) is 15.1. The molecule has 152 valence electrons. The Morgan fingerprint density at radius 2 is 1.62 bits per heavy atom. The average Bonchev–Trinajstić information content (AvgIpc) is 2.80. The van der Waals surface area contributed by atoms with Gasteiger partial charge >= 0.3 is 0 Å². The van der Waals surface area contributed by atoms with Crippen molar-refractivity contribution in [2.75, 3.05) is 31.6 Å². The standard InChI is InChI=1S/C24H28N2O3/c27-23(20-9-4-8-19(16-20)18-6-2-1-3-7-18)25-22-11-5-10-21(17-22)24(28)26-12-14-29-15-13-26/h4-5,8-11,16-18H,1-3,6-7,12-15H2,(H,25,27). The van der Waals surface area contributed by atoms with E-state index in [2.05, 4.69) is 11.4 Å². The van der Waals surface area contributed by atoms with E-state index in [4.69, 9.17) is 4.74 Å². The SMILES string of the molecule is O=C(Nc1cccc(C(=O)N2CCOCC2)c1)c1cccc(C2CCCCC2)c1. The highest BCUT2D eigenvalue weighted by Crippen LogP contribution is 2.32. The quantitative estimate of drug-likeness (QED) is 0.836. The van der Waals surface area contributed by atoms with Gasteiger partial charge in [0.2, 0.25) is 0 Å². The van der Waals surface area contributed by atoms with Crippen LogP contribution in [0.15, 0.2) is 48.5 Å². The summed E-state index contributed by atoms with van der Waals surface area (Å²) in [5.74, 6) is 0.397. The third-order valence-corrected chi connectivity index (χ3v) is 5.89. The predicted octanol–water partition coefficient (Wildman–Crippen LogP) is 4.46. The largest absolute Gasteiger partial charge is 0.378 e. The van der Waals surface area contributed by atoms with Crippen molar-refractivity contribution in [1.29, 1.82) is 0 Å². The van der Waals surface area contributed by atoms with Gasteiger partial charge in [-0.05, 0) is 54.7 Å². The van der Waals surface area contributed by atoms with Crippen molar-refractivity contribution in [3.63, 3.8) is 0 Å². The van der Waals surface area contributed by atoms with E-state index in [0.717, 1.165) is 0 Å². The number of ether oxygens (including phenoxy) is 1. The maximum Gasteiger partial charge on any atom is 0.255 e. The highest BCUT2D eigenvalue weighted by molar-refractivity contribution is 6.05. The first-order chi connectivity index (χ1) is 14.2. The summed E-state index contributed by atoms with van der Waals surface area (Å²) < 4.78 is 5.31. The molecule has 2 aromatic carbocycles. The van der Waals surface area contributed by atoms with E-state index < -0.39 is 0 Å². The number of amides is 2. The molecule has 0 unspecified atom stereocenters. The number of hydrogen-bond acceptors (Lipinski definition) is 3. The summed E-state index contributed by atoms with van der Waals surface area (Å²) in [6.45, 7) is 2.34. The lowest BCUT2D eigenvalue weighted by Gasteiger charge is -2.27. The van der Waals surface area contributed by atoms with Crippen molar-refractivity contribution in [2.24, 2.45) is 0 Å². The van der Waals surface area contributed by atoms with Gasteiger partial charge in [-0.2, -0.15) is 0 Å². The molecule has 1 aliphatic heterocycles. The highest BCUT2D eigenvalue weighted by Gasteiger charge is 2.20. The van der Waals surface area contributed by atoms with Crippen LogP contribution in [0.3, 0.4) is 0 Å². The molecule has 1 aliphatic carbocycles. The molecule has 5 nitrogen and oxygen atoms in total. The molecule has 2 fully saturated rings. The van der Waals surface area contributed by atoms with Crippen LogP contribution in [0.1, 0.15) is 64.3 Å². The van der Waals surface area contributed by atoms with Crippen LogP contribution in [0, 0.1) is 0 Å². The van der Waals surface area contributed by atoms with E-state index in [-0.39, 0.29) is 11.8 Å². The number of carbonyl (C=O) groups excluding carboxylic acids is 2. The smallest absolute Gasteiger partial charge is 0.255 e. The van der Waals surface area contributed by atoms with Crippen LogP contribution in [0.25, 0.3) is 0 Å². The molecule has 29 heavy (non-hydrogen) atoms. The number of anilines is 1. The molecule has 0 spiro atoms. The third kappa shape index (κ3) is 4.85. The Bertz CT molecular complexity index is 868. The molecule has 0 radical (unpaired) electrons. The van der Waals surface area contributed by atoms with Gasteiger partial charge in [-0.3, -0.25) is 9.59 Å². The number of nitrogens with one attached hydrogen (secondary N) is 1. The molecule has 1 saturated carbocycles. The second kappa shape index (κ2) is 9.23. The maximum absolute atomic E-state index is 12.8. The zero-order valence-corrected chi connectivity index (χ0v) is 16.7. The first kappa shape index (κ1) is 19.6. The van der Waals surface area contributed by atoms with Gasteiger partial charge in [0, 0.05) is 29.9 Å². The van der Waals surface area contributed by atoms with Gasteiger partial charge in [0.05, 0.1) is 13.2 Å². The summed E-state index contributed by atoms with van der Waals surface area (Å²) in [4.78, 5) is 27.3. The minimum Gasteiger partial charge on any atom is -0.378 e. The van der Waals surface area contributed by atoms with E-state index in [0.29, 0.717) is 49.0 Å². The topological polar surface area (TPSA) is 58.6 Å². The molecular formula is C24H28N2O3. The van der Waals surface area contributed by atoms with Crippen LogP contribution in [0.2, 0.25) is 0 Å². The minimum atomic E-state index is -0.140. The van der Waals surface area contributed by atoms with Crippen molar-refractivity contribution in [3.8, 4) is 0 Å². The summed E-state index contributed by atoms with van der Waals surface area (Å²) in [5.41, 5.74) is 3.14. The number of rotatable bonds is 4. The first-order valence-electron chi connectivity index (χ1n) is 10.6. The fourth-order valence-corrected chi connectivity index (χ4v) is 4.25. The van der Waals surface area contributed by atoms with Crippen LogP contribution in [0.5, 0.6) is 0 Å². The molecule has 5 heteroatoms. The van der Waals surface area contributed by atoms with Crippen LogP contribution < -0.4 is 5.32 Å². The fourth-order valence-electron chi connectivity index (χ4n) is 4.25. The number of benzene rings is 2. The van der Waals surface area contributed by atoms with E-state index >= 15 is 0 Å². The number of nitrogens with zero attached hydrogens (tertiary/aromatic N) is 1. The van der Waals surface area contributed by atoms with Gasteiger partial charge in [-0.1, -0.05) is 37.5 Å². The molecule has 0 aromatic heterocycles. The number of carbonyl (C=O) groups is 2. The molecule has 2 aromatic rings. The van der Waals surface area contributed by atoms with Crippen molar-refractivity contribution < 1.29 is 14.3 Å². The minimum absolute atomic E-state index is 0.0244. The lowest BCUT2D eigenvalue weighted by molar-refractivity contribution is 0.0303. The molecule has 0 bridgehead atoms. The van der Waals surface area contributed by atoms with E-state index in [9.17, 15) is 9.59 Å². The Kier molecular flexibility index (Phi) is 6.25. The Balaban J connectivity index is 1.45. The third-order valence-electron chi connectivity index (χ3n) is 5.89. The van der Waals surface area contributed by atoms with E-state index in [1.807, 2.05) is 30.3 Å². The van der Waals surface area contributed by atoms with Gasteiger partial charge in [0.15, 0.2) is 0 Å². The lowest BCUT2D eigenvalue weighted by atomic mass is 9.83. The number of morpholine rings is 1. The second-order valence-corrected chi connectivity index (χ2v) is 7.90. The van der Waals surface area contributed by atoms with E-state index in [1.165, 1.54) is 37.7 Å². The molecule has 4 rings (SSSR count). The van der Waals surface area contributed by atoms with Crippen LogP contribution >= 0.6 is 0 Å². The highest BCUT2D eigenvalue weighted by atomic mass is 16.5. The Labute approximate surface area is 172 Å². The molecule has 1 N–H and O–H groups in total. The van der Waals surface area contributed by atoms with Gasteiger partial charge in [0.1, 0.15) is 0 Å². The average molecular weight is 392 g/mol. The second-order valence-electron chi connectivity index (χ2n) is 7.90. The molecular weight excluding hydrogens is 364 g/mol. The monoisotopic (exact) mass is 392 g/mol. The number of hydrogen-bond donors (Lipinski definition) is 1. The molecule has 2 amide bonds. The summed E-state index contributed by atoms with van der Waals surface area (Å²) in [6.07, 6.45) is 6.26. The summed E-state index contributed by atoms with van der Waals surface area (Å²) >= 11 is 0. The van der Waals surface area contributed by atoms with Crippen LogP contribution in [0.4, 0.5) is 5.69 Å². The normalized spacial score (nSPS) is 17.7. The molecule has 1 heterocycles. The molecule has 0 atom stereocenters. The fraction of sp³-hybridized carbons (Fsp3) is 0.417. The zero-order chi connectivity index (χ0) is 20.1. The van der Waals surface area contributed by atoms with Gasteiger partial charge in [0.25, 0.3) is 11.8 Å². The van der Waals surface area contributed by atoms with Gasteiger partial charge in [-0.15, -0.1) is 0 Å². The van der Waals surface area contributed by atoms with Crippen LogP contribution in [-0.4, -0.2) is 43.0 Å². The van der Waals surface area contributed by atoms with Crippen molar-refractivity contribution in [2.45, 2.75) is 38.0 Å². The maximum atomic E-state index is 12.8. The Morgan fingerprint density at radius 1 is 0.897 bits per heavy atom. The molecule has 2 aliphatic rings. The van der Waals surface area contributed by atoms with E-state index in [1.54, 1.807) is 17.0 Å². The zero-order valence-electron chi connectivity index (χ0n) is 16.7. The summed E-state index contributed by atoms with van der Waals surface area (Å²) in [7, 11) is 0. The van der Waals surface area contributed by atoms with Crippen molar-refractivity contribution >= 4 is 17.5 Å². The Hall–Kier alpha value is -2.66.